The molecular formula is C18H17BrFNO3. The molecule has 126 valence electrons. The third-order valence-electron chi connectivity index (χ3n) is 3.73. The first-order chi connectivity index (χ1) is 11.4. The number of ether oxygens (including phenoxy) is 1. The van der Waals surface area contributed by atoms with Crippen molar-refractivity contribution in [3.63, 3.8) is 0 Å². The van der Waals surface area contributed by atoms with Crippen LogP contribution in [0.3, 0.4) is 0 Å². The number of nitrogens with zero attached hydrogens (tertiary/aromatic N) is 1. The van der Waals surface area contributed by atoms with E-state index in [1.807, 2.05) is 37.3 Å². The Balaban J connectivity index is 1.97. The third-order valence-corrected chi connectivity index (χ3v) is 4.42. The molecule has 24 heavy (non-hydrogen) atoms. The van der Waals surface area contributed by atoms with Crippen molar-refractivity contribution in [1.29, 1.82) is 0 Å². The zero-order chi connectivity index (χ0) is 17.7. The molecule has 0 heterocycles. The molecule has 1 amide bonds. The van der Waals surface area contributed by atoms with Gasteiger partial charge in [-0.2, -0.15) is 0 Å². The van der Waals surface area contributed by atoms with Crippen LogP contribution in [0.4, 0.5) is 4.39 Å². The van der Waals surface area contributed by atoms with E-state index < -0.39 is 18.4 Å². The van der Waals surface area contributed by atoms with Gasteiger partial charge in [0.15, 0.2) is 6.61 Å². The standard InChI is InChI=1S/C18H17BrFNO3/c1-12(13-6-4-3-5-7-13)21(2)17(22)11-24-18(23)15-10-14(20)8-9-16(15)19/h3-10,12H,11H2,1-2H3/t12-/m0/s1. The fourth-order valence-electron chi connectivity index (χ4n) is 2.13. The van der Waals surface area contributed by atoms with E-state index in [9.17, 15) is 14.0 Å². The molecule has 0 aliphatic carbocycles. The fraction of sp³-hybridized carbons (Fsp3) is 0.222. The van der Waals surface area contributed by atoms with Crippen LogP contribution in [0.15, 0.2) is 53.0 Å². The van der Waals surface area contributed by atoms with E-state index in [2.05, 4.69) is 15.9 Å². The van der Waals surface area contributed by atoms with Gasteiger partial charge in [0.1, 0.15) is 5.82 Å². The van der Waals surface area contributed by atoms with Crippen LogP contribution in [-0.2, 0) is 9.53 Å². The van der Waals surface area contributed by atoms with Crippen molar-refractivity contribution in [2.45, 2.75) is 13.0 Å². The Morgan fingerprint density at radius 3 is 2.54 bits per heavy atom. The number of esters is 1. The topological polar surface area (TPSA) is 46.6 Å². The van der Waals surface area contributed by atoms with Crippen molar-refractivity contribution in [2.75, 3.05) is 13.7 Å². The molecule has 0 aromatic heterocycles. The second-order valence-electron chi connectivity index (χ2n) is 5.29. The zero-order valence-electron chi connectivity index (χ0n) is 13.3. The minimum atomic E-state index is -0.754. The summed E-state index contributed by atoms with van der Waals surface area (Å²) in [5.41, 5.74) is 1.02. The summed E-state index contributed by atoms with van der Waals surface area (Å²) in [6, 6.07) is 13.1. The molecule has 1 atom stereocenters. The van der Waals surface area contributed by atoms with Gasteiger partial charge in [-0.1, -0.05) is 30.3 Å². The molecule has 6 heteroatoms. The fourth-order valence-corrected chi connectivity index (χ4v) is 2.54. The number of halogens is 2. The van der Waals surface area contributed by atoms with Crippen LogP contribution in [0.1, 0.15) is 28.9 Å². The summed E-state index contributed by atoms with van der Waals surface area (Å²) in [5, 5.41) is 0. The first-order valence-electron chi connectivity index (χ1n) is 7.33. The number of likely N-dealkylation sites (N-methyl/N-ethyl adjacent to an activating group) is 1. The zero-order valence-corrected chi connectivity index (χ0v) is 14.9. The lowest BCUT2D eigenvalue weighted by Gasteiger charge is -2.25. The molecule has 0 spiro atoms. The average molecular weight is 394 g/mol. The molecule has 2 aromatic carbocycles. The van der Waals surface area contributed by atoms with Crippen molar-refractivity contribution in [2.24, 2.45) is 0 Å². The molecule has 0 radical (unpaired) electrons. The summed E-state index contributed by atoms with van der Waals surface area (Å²) in [5.74, 6) is -1.64. The van der Waals surface area contributed by atoms with Gasteiger partial charge in [-0.15, -0.1) is 0 Å². The van der Waals surface area contributed by atoms with E-state index in [0.717, 1.165) is 11.6 Å². The second-order valence-corrected chi connectivity index (χ2v) is 6.15. The van der Waals surface area contributed by atoms with Gasteiger partial charge in [0.2, 0.25) is 0 Å². The molecule has 4 nitrogen and oxygen atoms in total. The maximum atomic E-state index is 13.2. The summed E-state index contributed by atoms with van der Waals surface area (Å²) in [7, 11) is 1.64. The highest BCUT2D eigenvalue weighted by atomic mass is 79.9. The van der Waals surface area contributed by atoms with E-state index in [4.69, 9.17) is 4.74 Å². The highest BCUT2D eigenvalue weighted by molar-refractivity contribution is 9.10. The maximum absolute atomic E-state index is 13.2. The Labute approximate surface area is 148 Å². The summed E-state index contributed by atoms with van der Waals surface area (Å²) in [6.07, 6.45) is 0. The quantitative estimate of drug-likeness (QED) is 0.722. The monoisotopic (exact) mass is 393 g/mol. The number of amides is 1. The number of hydrogen-bond acceptors (Lipinski definition) is 3. The van der Waals surface area contributed by atoms with Crippen molar-refractivity contribution < 1.29 is 18.7 Å². The van der Waals surface area contributed by atoms with Crippen molar-refractivity contribution in [1.82, 2.24) is 4.90 Å². The highest BCUT2D eigenvalue weighted by Crippen LogP contribution is 2.20. The first-order valence-corrected chi connectivity index (χ1v) is 8.12. The summed E-state index contributed by atoms with van der Waals surface area (Å²) >= 11 is 3.16. The SMILES string of the molecule is C[C@@H](c1ccccc1)N(C)C(=O)COC(=O)c1cc(F)ccc1Br. The molecule has 0 bridgehead atoms. The van der Waals surface area contributed by atoms with Gasteiger partial charge in [0, 0.05) is 11.5 Å². The van der Waals surface area contributed by atoms with Gasteiger partial charge in [0.05, 0.1) is 11.6 Å². The average Bonchev–Trinajstić information content (AvgIpc) is 2.60. The van der Waals surface area contributed by atoms with Crippen molar-refractivity contribution in [3.05, 3.63) is 69.9 Å². The normalized spacial score (nSPS) is 11.7. The number of hydrogen-bond donors (Lipinski definition) is 0. The van der Waals surface area contributed by atoms with E-state index in [-0.39, 0.29) is 17.5 Å². The van der Waals surface area contributed by atoms with Crippen LogP contribution in [0.2, 0.25) is 0 Å². The number of carbonyl (C=O) groups is 2. The minimum Gasteiger partial charge on any atom is -0.452 e. The molecule has 0 unspecified atom stereocenters. The van der Waals surface area contributed by atoms with Crippen LogP contribution >= 0.6 is 15.9 Å². The molecule has 0 N–H and O–H groups in total. The molecule has 0 saturated carbocycles. The van der Waals surface area contributed by atoms with E-state index in [0.29, 0.717) is 4.47 Å². The van der Waals surface area contributed by atoms with Gasteiger partial charge < -0.3 is 9.64 Å². The Morgan fingerprint density at radius 1 is 1.21 bits per heavy atom. The number of benzene rings is 2. The molecule has 0 aliphatic rings. The van der Waals surface area contributed by atoms with Crippen LogP contribution < -0.4 is 0 Å². The number of rotatable bonds is 5. The van der Waals surface area contributed by atoms with Crippen molar-refractivity contribution in [3.8, 4) is 0 Å². The summed E-state index contributed by atoms with van der Waals surface area (Å²) < 4.78 is 18.6. The van der Waals surface area contributed by atoms with Crippen molar-refractivity contribution >= 4 is 27.8 Å². The maximum Gasteiger partial charge on any atom is 0.339 e. The van der Waals surface area contributed by atoms with E-state index in [1.165, 1.54) is 17.0 Å². The largest absolute Gasteiger partial charge is 0.452 e. The van der Waals surface area contributed by atoms with Gasteiger partial charge in [-0.05, 0) is 46.6 Å². The lowest BCUT2D eigenvalue weighted by molar-refractivity contribution is -0.135. The summed E-state index contributed by atoms with van der Waals surface area (Å²) in [6.45, 7) is 1.48. The van der Waals surface area contributed by atoms with Crippen LogP contribution in [0.25, 0.3) is 0 Å². The second kappa shape index (κ2) is 8.06. The predicted octanol–water partition coefficient (Wildman–Crippen LogP) is 3.96. The van der Waals surface area contributed by atoms with Gasteiger partial charge in [-0.3, -0.25) is 4.79 Å². The Hall–Kier alpha value is -2.21. The summed E-state index contributed by atoms with van der Waals surface area (Å²) in [4.78, 5) is 25.7. The number of carbonyl (C=O) groups excluding carboxylic acids is 2. The lowest BCUT2D eigenvalue weighted by atomic mass is 10.1. The lowest BCUT2D eigenvalue weighted by Crippen LogP contribution is -2.33. The van der Waals surface area contributed by atoms with Gasteiger partial charge >= 0.3 is 5.97 Å². The van der Waals surface area contributed by atoms with Gasteiger partial charge in [0.25, 0.3) is 5.91 Å². The molecule has 0 saturated heterocycles. The Morgan fingerprint density at radius 2 is 1.88 bits per heavy atom. The highest BCUT2D eigenvalue weighted by Gasteiger charge is 2.20. The van der Waals surface area contributed by atoms with E-state index in [1.54, 1.807) is 7.05 Å². The Bertz CT molecular complexity index is 736. The van der Waals surface area contributed by atoms with Crippen LogP contribution in [-0.4, -0.2) is 30.4 Å². The third kappa shape index (κ3) is 4.41. The molecule has 2 rings (SSSR count). The van der Waals surface area contributed by atoms with Crippen LogP contribution in [0, 0.1) is 5.82 Å². The smallest absolute Gasteiger partial charge is 0.339 e. The van der Waals surface area contributed by atoms with E-state index >= 15 is 0 Å². The molecular weight excluding hydrogens is 377 g/mol. The van der Waals surface area contributed by atoms with Gasteiger partial charge in [-0.25, -0.2) is 9.18 Å². The Kier molecular flexibility index (Phi) is 6.09. The molecule has 2 aromatic rings. The molecule has 0 fully saturated rings. The minimum absolute atomic E-state index is 0.0431. The molecule has 0 aliphatic heterocycles. The van der Waals surface area contributed by atoms with Crippen LogP contribution in [0.5, 0.6) is 0 Å². The first kappa shape index (κ1) is 18.1. The predicted molar refractivity (Wildman–Crippen MR) is 92.0 cm³/mol.